The topological polar surface area (TPSA) is 158 Å². The van der Waals surface area contributed by atoms with Crippen LogP contribution in [0.1, 0.15) is 25.3 Å². The number of hydrogen-bond donors (Lipinski definition) is 6. The van der Waals surface area contributed by atoms with Crippen molar-refractivity contribution in [3.8, 4) is 0 Å². The van der Waals surface area contributed by atoms with Crippen LogP contribution in [-0.2, 0) is 25.6 Å². The molecule has 1 aliphatic rings. The Morgan fingerprint density at radius 1 is 1.21 bits per heavy atom. The van der Waals surface area contributed by atoms with Crippen LogP contribution in [0, 0.1) is 0 Å². The Kier molecular flexibility index (Phi) is 7.98. The Morgan fingerprint density at radius 3 is 2.58 bits per heavy atom. The SMILES string of the molecule is CC(N)C(=O)NC(CS)C(=O)NC(Cc1c[nH]c2ccccc12)C(=O)N1CCCC1C(=O)O. The van der Waals surface area contributed by atoms with Crippen LogP contribution < -0.4 is 16.4 Å². The Bertz CT molecular complexity index is 1040. The molecule has 0 saturated carbocycles. The fourth-order valence-corrected chi connectivity index (χ4v) is 4.23. The highest BCUT2D eigenvalue weighted by molar-refractivity contribution is 7.80. The average Bonchev–Trinajstić information content (AvgIpc) is 3.44. The number of H-pyrrole nitrogens is 1. The van der Waals surface area contributed by atoms with Gasteiger partial charge in [0.2, 0.25) is 17.7 Å². The molecule has 0 spiro atoms. The van der Waals surface area contributed by atoms with Gasteiger partial charge in [0.05, 0.1) is 6.04 Å². The molecular weight excluding hydrogens is 446 g/mol. The first-order chi connectivity index (χ1) is 15.7. The molecule has 2 heterocycles. The third-order valence-corrected chi connectivity index (χ3v) is 6.13. The highest BCUT2D eigenvalue weighted by Gasteiger charge is 2.38. The number of nitrogens with zero attached hydrogens (tertiary/aromatic N) is 1. The van der Waals surface area contributed by atoms with Crippen molar-refractivity contribution in [2.75, 3.05) is 12.3 Å². The molecule has 1 saturated heterocycles. The summed E-state index contributed by atoms with van der Waals surface area (Å²) >= 11 is 4.14. The van der Waals surface area contributed by atoms with Crippen molar-refractivity contribution >= 4 is 47.2 Å². The van der Waals surface area contributed by atoms with Gasteiger partial charge in [0, 0.05) is 35.8 Å². The number of carbonyl (C=O) groups excluding carboxylic acids is 3. The van der Waals surface area contributed by atoms with E-state index in [2.05, 4.69) is 28.2 Å². The summed E-state index contributed by atoms with van der Waals surface area (Å²) in [5.41, 5.74) is 7.25. The minimum absolute atomic E-state index is 0.000244. The highest BCUT2D eigenvalue weighted by atomic mass is 32.1. The molecule has 3 rings (SSSR count). The van der Waals surface area contributed by atoms with Crippen molar-refractivity contribution in [1.29, 1.82) is 0 Å². The molecule has 11 heteroatoms. The van der Waals surface area contributed by atoms with Crippen LogP contribution in [0.4, 0.5) is 0 Å². The third-order valence-electron chi connectivity index (χ3n) is 5.76. The standard InChI is InChI=1S/C22H29N5O5S/c1-12(23)19(28)26-17(11-33)20(29)25-16(21(30)27-8-4-7-18(27)22(31)32)9-13-10-24-15-6-3-2-5-14(13)15/h2-3,5-6,10,12,16-18,24,33H,4,7-9,11,23H2,1H3,(H,25,29)(H,26,28)(H,31,32). The number of aliphatic carboxylic acids is 1. The van der Waals surface area contributed by atoms with Gasteiger partial charge in [-0.15, -0.1) is 0 Å². The van der Waals surface area contributed by atoms with Gasteiger partial charge in [-0.05, 0) is 31.4 Å². The molecule has 0 radical (unpaired) electrons. The van der Waals surface area contributed by atoms with Gasteiger partial charge in [-0.1, -0.05) is 18.2 Å². The van der Waals surface area contributed by atoms with Gasteiger partial charge >= 0.3 is 5.97 Å². The van der Waals surface area contributed by atoms with Crippen molar-refractivity contribution < 1.29 is 24.3 Å². The first kappa shape index (κ1) is 24.6. The summed E-state index contributed by atoms with van der Waals surface area (Å²) in [5.74, 6) is -2.66. The van der Waals surface area contributed by atoms with Gasteiger partial charge < -0.3 is 31.4 Å². The largest absolute Gasteiger partial charge is 0.480 e. The van der Waals surface area contributed by atoms with Gasteiger partial charge in [-0.3, -0.25) is 14.4 Å². The number of para-hydroxylation sites is 1. The molecule has 6 N–H and O–H groups in total. The number of thiol groups is 1. The van der Waals surface area contributed by atoms with E-state index < -0.39 is 47.9 Å². The molecule has 0 aliphatic carbocycles. The maximum absolute atomic E-state index is 13.4. The summed E-state index contributed by atoms with van der Waals surface area (Å²) in [5, 5.41) is 15.6. The van der Waals surface area contributed by atoms with E-state index in [0.29, 0.717) is 19.4 Å². The predicted molar refractivity (Wildman–Crippen MR) is 126 cm³/mol. The number of amides is 3. The number of hydrogen-bond acceptors (Lipinski definition) is 6. The molecule has 1 fully saturated rings. The lowest BCUT2D eigenvalue weighted by Crippen LogP contribution is -2.58. The molecule has 1 aromatic heterocycles. The minimum Gasteiger partial charge on any atom is -0.480 e. The summed E-state index contributed by atoms with van der Waals surface area (Å²) < 4.78 is 0. The Labute approximate surface area is 196 Å². The summed E-state index contributed by atoms with van der Waals surface area (Å²) in [6.45, 7) is 1.79. The quantitative estimate of drug-likeness (QED) is 0.281. The minimum atomic E-state index is -1.07. The molecular formula is C22H29N5O5S. The van der Waals surface area contributed by atoms with Crippen LogP contribution in [0.5, 0.6) is 0 Å². The normalized spacial score (nSPS) is 18.5. The highest BCUT2D eigenvalue weighted by Crippen LogP contribution is 2.23. The second kappa shape index (κ2) is 10.7. The smallest absolute Gasteiger partial charge is 0.326 e. The molecule has 3 amide bonds. The molecule has 2 aromatic rings. The monoisotopic (exact) mass is 475 g/mol. The number of nitrogens with one attached hydrogen (secondary N) is 3. The number of fused-ring (bicyclic) bond motifs is 1. The zero-order chi connectivity index (χ0) is 24.1. The van der Waals surface area contributed by atoms with Crippen molar-refractivity contribution in [2.45, 2.75) is 50.4 Å². The molecule has 33 heavy (non-hydrogen) atoms. The maximum atomic E-state index is 13.4. The summed E-state index contributed by atoms with van der Waals surface area (Å²) in [6.07, 6.45) is 2.85. The van der Waals surface area contributed by atoms with E-state index in [1.165, 1.54) is 11.8 Å². The van der Waals surface area contributed by atoms with Crippen molar-refractivity contribution in [3.63, 3.8) is 0 Å². The van der Waals surface area contributed by atoms with E-state index >= 15 is 0 Å². The third kappa shape index (κ3) is 5.66. The van der Waals surface area contributed by atoms with Crippen LogP contribution in [0.15, 0.2) is 30.5 Å². The number of benzene rings is 1. The fourth-order valence-electron chi connectivity index (χ4n) is 3.98. The fraction of sp³-hybridized carbons (Fsp3) is 0.455. The van der Waals surface area contributed by atoms with Crippen LogP contribution in [-0.4, -0.2) is 75.1 Å². The second-order valence-corrected chi connectivity index (χ2v) is 8.55. The average molecular weight is 476 g/mol. The van der Waals surface area contributed by atoms with Gasteiger partial charge in [0.25, 0.3) is 0 Å². The van der Waals surface area contributed by atoms with Crippen LogP contribution >= 0.6 is 12.6 Å². The molecule has 4 atom stereocenters. The second-order valence-electron chi connectivity index (χ2n) is 8.19. The lowest BCUT2D eigenvalue weighted by molar-refractivity contribution is -0.149. The molecule has 4 unspecified atom stereocenters. The number of rotatable bonds is 9. The number of carbonyl (C=O) groups is 4. The zero-order valence-electron chi connectivity index (χ0n) is 18.3. The predicted octanol–water partition coefficient (Wildman–Crippen LogP) is 0.0326. The first-order valence-corrected chi connectivity index (χ1v) is 11.4. The molecule has 1 aromatic carbocycles. The maximum Gasteiger partial charge on any atom is 0.326 e. The first-order valence-electron chi connectivity index (χ1n) is 10.8. The number of carboxylic acids is 1. The number of nitrogens with two attached hydrogens (primary N) is 1. The summed E-state index contributed by atoms with van der Waals surface area (Å²) in [7, 11) is 0. The number of aromatic amines is 1. The van der Waals surface area contributed by atoms with Gasteiger partial charge in [0.15, 0.2) is 0 Å². The van der Waals surface area contributed by atoms with Gasteiger partial charge in [-0.2, -0.15) is 12.6 Å². The van der Waals surface area contributed by atoms with E-state index in [4.69, 9.17) is 5.73 Å². The van der Waals surface area contributed by atoms with E-state index in [1.54, 1.807) is 6.20 Å². The summed E-state index contributed by atoms with van der Waals surface area (Å²) in [6, 6.07) is 3.78. The molecule has 178 valence electrons. The van der Waals surface area contributed by atoms with Crippen LogP contribution in [0.3, 0.4) is 0 Å². The molecule has 0 bridgehead atoms. The van der Waals surface area contributed by atoms with E-state index in [-0.39, 0.29) is 12.2 Å². The lowest BCUT2D eigenvalue weighted by atomic mass is 10.0. The Hall–Kier alpha value is -3.05. The lowest BCUT2D eigenvalue weighted by Gasteiger charge is -2.28. The number of carboxylic acid groups (broad SMARTS) is 1. The van der Waals surface area contributed by atoms with Crippen LogP contribution in [0.25, 0.3) is 10.9 Å². The Morgan fingerprint density at radius 2 is 1.91 bits per heavy atom. The van der Waals surface area contributed by atoms with E-state index in [0.717, 1.165) is 16.5 Å². The molecule has 1 aliphatic heterocycles. The van der Waals surface area contributed by atoms with Crippen molar-refractivity contribution in [1.82, 2.24) is 20.5 Å². The van der Waals surface area contributed by atoms with E-state index in [1.807, 2.05) is 24.3 Å². The Balaban J connectivity index is 1.86. The van der Waals surface area contributed by atoms with E-state index in [9.17, 15) is 24.3 Å². The molecule has 10 nitrogen and oxygen atoms in total. The number of aromatic nitrogens is 1. The van der Waals surface area contributed by atoms with Crippen molar-refractivity contribution in [3.05, 3.63) is 36.0 Å². The van der Waals surface area contributed by atoms with Gasteiger partial charge in [-0.25, -0.2) is 4.79 Å². The van der Waals surface area contributed by atoms with Gasteiger partial charge in [0.1, 0.15) is 18.1 Å². The zero-order valence-corrected chi connectivity index (χ0v) is 19.2. The van der Waals surface area contributed by atoms with Crippen LogP contribution in [0.2, 0.25) is 0 Å². The summed E-state index contributed by atoms with van der Waals surface area (Å²) in [4.78, 5) is 54.4. The number of likely N-dealkylation sites (tertiary alicyclic amines) is 1. The van der Waals surface area contributed by atoms with Crippen molar-refractivity contribution in [2.24, 2.45) is 5.73 Å².